The van der Waals surface area contributed by atoms with E-state index in [9.17, 15) is 28.6 Å². The van der Waals surface area contributed by atoms with Crippen LogP contribution in [0.15, 0.2) is 42.5 Å². The highest BCUT2D eigenvalue weighted by Gasteiger charge is 2.50. The minimum Gasteiger partial charge on any atom is -0.481 e. The van der Waals surface area contributed by atoms with Crippen molar-refractivity contribution in [2.24, 2.45) is 5.41 Å². The number of aliphatic hydroxyl groups is 1. The summed E-state index contributed by atoms with van der Waals surface area (Å²) in [5.41, 5.74) is -0.669. The molecule has 2 N–H and O–H groups in total. The first-order valence-corrected chi connectivity index (χ1v) is 8.94. The highest BCUT2D eigenvalue weighted by Crippen LogP contribution is 2.35. The van der Waals surface area contributed by atoms with Crippen molar-refractivity contribution in [1.82, 2.24) is 4.90 Å². The molecule has 3 rings (SSSR count). The number of carboxylic acid groups (broad SMARTS) is 1. The number of benzene rings is 2. The van der Waals surface area contributed by atoms with Gasteiger partial charge in [-0.3, -0.25) is 9.59 Å². The third kappa shape index (κ3) is 3.75. The third-order valence-corrected chi connectivity index (χ3v) is 5.31. The van der Waals surface area contributed by atoms with Crippen LogP contribution in [0.1, 0.15) is 27.9 Å². The summed E-state index contributed by atoms with van der Waals surface area (Å²) >= 11 is 0. The molecule has 0 saturated carbocycles. The lowest BCUT2D eigenvalue weighted by Crippen LogP contribution is -2.58. The van der Waals surface area contributed by atoms with Crippen molar-refractivity contribution in [2.75, 3.05) is 13.1 Å². The zero-order chi connectivity index (χ0) is 20.5. The molecule has 2 atom stereocenters. The summed E-state index contributed by atoms with van der Waals surface area (Å²) in [4.78, 5) is 26.3. The quantitative estimate of drug-likeness (QED) is 0.843. The summed E-state index contributed by atoms with van der Waals surface area (Å²) in [6.07, 6.45) is -1.23. The first-order valence-electron chi connectivity index (χ1n) is 8.94. The van der Waals surface area contributed by atoms with Gasteiger partial charge < -0.3 is 15.1 Å². The van der Waals surface area contributed by atoms with E-state index in [0.717, 1.165) is 0 Å². The molecule has 1 aliphatic rings. The molecule has 28 heavy (non-hydrogen) atoms. The van der Waals surface area contributed by atoms with Crippen molar-refractivity contribution in [3.8, 4) is 0 Å². The molecule has 1 aliphatic heterocycles. The number of piperidine rings is 1. The van der Waals surface area contributed by atoms with Gasteiger partial charge in [-0.2, -0.15) is 0 Å². The molecule has 0 radical (unpaired) electrons. The third-order valence-electron chi connectivity index (χ3n) is 5.31. The maximum absolute atomic E-state index is 13.5. The van der Waals surface area contributed by atoms with Gasteiger partial charge in [-0.1, -0.05) is 12.1 Å². The Morgan fingerprint density at radius 3 is 2.61 bits per heavy atom. The Morgan fingerprint density at radius 2 is 1.96 bits per heavy atom. The fourth-order valence-electron chi connectivity index (χ4n) is 3.68. The second kappa shape index (κ2) is 7.67. The number of rotatable bonds is 4. The molecule has 0 spiro atoms. The Labute approximate surface area is 161 Å². The van der Waals surface area contributed by atoms with E-state index >= 15 is 0 Å². The fraction of sp³-hybridized carbons (Fsp3) is 0.333. The molecule has 1 fully saturated rings. The number of hydrogen-bond donors (Lipinski definition) is 2. The highest BCUT2D eigenvalue weighted by atomic mass is 19.1. The molecule has 1 saturated heterocycles. The first-order chi connectivity index (χ1) is 13.2. The number of likely N-dealkylation sites (tertiary alicyclic amines) is 1. The van der Waals surface area contributed by atoms with Crippen molar-refractivity contribution in [2.45, 2.75) is 25.9 Å². The van der Waals surface area contributed by atoms with Crippen LogP contribution in [0.3, 0.4) is 0 Å². The van der Waals surface area contributed by atoms with Gasteiger partial charge in [0.2, 0.25) is 0 Å². The zero-order valence-electron chi connectivity index (χ0n) is 15.4. The lowest BCUT2D eigenvalue weighted by atomic mass is 9.72. The number of nitrogens with zero attached hydrogens (tertiary/aromatic N) is 1. The van der Waals surface area contributed by atoms with E-state index in [-0.39, 0.29) is 31.5 Å². The predicted molar refractivity (Wildman–Crippen MR) is 97.8 cm³/mol. The van der Waals surface area contributed by atoms with Gasteiger partial charge in [0.05, 0.1) is 6.10 Å². The van der Waals surface area contributed by atoms with E-state index in [1.165, 1.54) is 48.2 Å². The maximum atomic E-state index is 13.5. The second-order valence-electron chi connectivity index (χ2n) is 7.26. The SMILES string of the molecule is Cc1cc(C(=O)N2CC[C@@H](O)[C@](Cc3cccc(F)c3)(C(=O)O)C2)ccc1F. The molecule has 2 aromatic carbocycles. The van der Waals surface area contributed by atoms with Crippen molar-refractivity contribution in [3.05, 3.63) is 70.8 Å². The Bertz CT molecular complexity index is 917. The topological polar surface area (TPSA) is 77.8 Å². The molecule has 1 amide bonds. The monoisotopic (exact) mass is 389 g/mol. The number of hydrogen-bond acceptors (Lipinski definition) is 3. The van der Waals surface area contributed by atoms with Gasteiger partial charge in [0, 0.05) is 18.7 Å². The summed E-state index contributed by atoms with van der Waals surface area (Å²) in [5.74, 6) is -2.62. The first kappa shape index (κ1) is 19.9. The van der Waals surface area contributed by atoms with Crippen LogP contribution in [0.2, 0.25) is 0 Å². The molecule has 1 heterocycles. The second-order valence-corrected chi connectivity index (χ2v) is 7.26. The Hall–Kier alpha value is -2.80. The molecule has 148 valence electrons. The molecule has 0 aliphatic carbocycles. The van der Waals surface area contributed by atoms with E-state index < -0.39 is 35.0 Å². The van der Waals surface area contributed by atoms with Gasteiger partial charge >= 0.3 is 5.97 Å². The number of carbonyl (C=O) groups excluding carboxylic acids is 1. The molecular formula is C21H21F2NO4. The zero-order valence-corrected chi connectivity index (χ0v) is 15.4. The highest BCUT2D eigenvalue weighted by molar-refractivity contribution is 5.95. The number of aryl methyl sites for hydroxylation is 1. The van der Waals surface area contributed by atoms with Crippen molar-refractivity contribution in [1.29, 1.82) is 0 Å². The standard InChI is InChI=1S/C21H21F2NO4/c1-13-9-15(5-6-17(13)23)19(26)24-8-7-18(25)21(12-24,20(27)28)11-14-3-2-4-16(22)10-14/h2-6,9-10,18,25H,7-8,11-12H2,1H3,(H,27,28)/t18-,21-/m1/s1. The number of aliphatic hydroxyl groups excluding tert-OH is 1. The van der Waals surface area contributed by atoms with Gasteiger partial charge in [0.25, 0.3) is 5.91 Å². The minimum absolute atomic E-state index is 0.0769. The molecule has 0 aromatic heterocycles. The van der Waals surface area contributed by atoms with Gasteiger partial charge in [0.1, 0.15) is 17.0 Å². The maximum Gasteiger partial charge on any atom is 0.314 e. The number of carbonyl (C=O) groups is 2. The summed E-state index contributed by atoms with van der Waals surface area (Å²) in [7, 11) is 0. The molecule has 0 unspecified atom stereocenters. The Kier molecular flexibility index (Phi) is 5.47. The smallest absolute Gasteiger partial charge is 0.314 e. The van der Waals surface area contributed by atoms with Crippen molar-refractivity contribution >= 4 is 11.9 Å². The number of carboxylic acids is 1. The molecule has 7 heteroatoms. The van der Waals surface area contributed by atoms with Crippen LogP contribution in [-0.2, 0) is 11.2 Å². The average molecular weight is 389 g/mol. The van der Waals surface area contributed by atoms with Gasteiger partial charge in [-0.15, -0.1) is 0 Å². The van der Waals surface area contributed by atoms with Gasteiger partial charge in [-0.25, -0.2) is 8.78 Å². The summed E-state index contributed by atoms with van der Waals surface area (Å²) in [5, 5.41) is 20.4. The van der Waals surface area contributed by atoms with E-state index in [0.29, 0.717) is 11.1 Å². The lowest BCUT2D eigenvalue weighted by Gasteiger charge is -2.43. The van der Waals surface area contributed by atoms with Crippen LogP contribution in [0.5, 0.6) is 0 Å². The van der Waals surface area contributed by atoms with E-state index in [4.69, 9.17) is 0 Å². The molecule has 5 nitrogen and oxygen atoms in total. The largest absolute Gasteiger partial charge is 0.481 e. The van der Waals surface area contributed by atoms with Crippen LogP contribution >= 0.6 is 0 Å². The van der Waals surface area contributed by atoms with Crippen LogP contribution in [0, 0.1) is 24.0 Å². The normalized spacial score (nSPS) is 22.1. The van der Waals surface area contributed by atoms with Gasteiger partial charge in [-0.05, 0) is 61.2 Å². The van der Waals surface area contributed by atoms with Crippen LogP contribution in [0.25, 0.3) is 0 Å². The van der Waals surface area contributed by atoms with Crippen molar-refractivity contribution in [3.63, 3.8) is 0 Å². The molecular weight excluding hydrogens is 368 g/mol. The number of amides is 1. The van der Waals surface area contributed by atoms with E-state index in [1.54, 1.807) is 6.07 Å². The Morgan fingerprint density at radius 1 is 1.21 bits per heavy atom. The molecule has 2 aromatic rings. The average Bonchev–Trinajstić information content (AvgIpc) is 2.65. The van der Waals surface area contributed by atoms with Crippen molar-refractivity contribution < 1.29 is 28.6 Å². The van der Waals surface area contributed by atoms with E-state index in [2.05, 4.69) is 0 Å². The van der Waals surface area contributed by atoms with Crippen LogP contribution in [0.4, 0.5) is 8.78 Å². The van der Waals surface area contributed by atoms with Crippen LogP contribution < -0.4 is 0 Å². The van der Waals surface area contributed by atoms with Gasteiger partial charge in [0.15, 0.2) is 0 Å². The minimum atomic E-state index is -1.66. The van der Waals surface area contributed by atoms with E-state index in [1.807, 2.05) is 0 Å². The fourth-order valence-corrected chi connectivity index (χ4v) is 3.68. The lowest BCUT2D eigenvalue weighted by molar-refractivity contribution is -0.161. The molecule has 0 bridgehead atoms. The predicted octanol–water partition coefficient (Wildman–Crippen LogP) is 2.79. The number of halogens is 2. The number of aliphatic carboxylic acids is 1. The van der Waals surface area contributed by atoms with Crippen LogP contribution in [-0.4, -0.2) is 46.2 Å². The summed E-state index contributed by atoms with van der Waals surface area (Å²) < 4.78 is 27.0. The summed E-state index contributed by atoms with van der Waals surface area (Å²) in [6.45, 7) is 1.49. The summed E-state index contributed by atoms with van der Waals surface area (Å²) in [6, 6.07) is 9.49. The Balaban J connectivity index is 1.91.